The summed E-state index contributed by atoms with van der Waals surface area (Å²) in [5.41, 5.74) is 5.63. The summed E-state index contributed by atoms with van der Waals surface area (Å²) in [6.07, 6.45) is 2.76. The maximum absolute atomic E-state index is 9.33. The first-order valence-corrected chi connectivity index (χ1v) is 7.02. The van der Waals surface area contributed by atoms with Crippen LogP contribution in [-0.2, 0) is 0 Å². The van der Waals surface area contributed by atoms with E-state index in [9.17, 15) is 5.11 Å². The van der Waals surface area contributed by atoms with Crippen LogP contribution in [-0.4, -0.2) is 18.8 Å². The molecule has 0 spiro atoms. The Morgan fingerprint density at radius 3 is 2.70 bits per heavy atom. The second-order valence-corrected chi connectivity index (χ2v) is 5.36. The Hall–Kier alpha value is -1.77. The van der Waals surface area contributed by atoms with E-state index < -0.39 is 0 Å². The smallest absolute Gasteiger partial charge is 0.0485 e. The first kappa shape index (κ1) is 13.2. The van der Waals surface area contributed by atoms with Gasteiger partial charge in [-0.25, -0.2) is 0 Å². The van der Waals surface area contributed by atoms with Crippen molar-refractivity contribution in [2.75, 3.05) is 18.6 Å². The molecule has 102 valence electrons. The van der Waals surface area contributed by atoms with E-state index in [2.05, 4.69) is 30.2 Å². The van der Waals surface area contributed by atoms with E-state index in [0.29, 0.717) is 11.4 Å². The highest BCUT2D eigenvalue weighted by molar-refractivity contribution is 6.31. The van der Waals surface area contributed by atoms with Crippen LogP contribution < -0.4 is 4.90 Å². The number of anilines is 2. The molecule has 0 fully saturated rings. The minimum atomic E-state index is 0.129. The molecule has 2 aromatic rings. The molecule has 1 aliphatic rings. The van der Waals surface area contributed by atoms with Crippen LogP contribution in [0.2, 0.25) is 5.02 Å². The molecule has 0 unspecified atom stereocenters. The normalized spacial score (nSPS) is 13.3. The van der Waals surface area contributed by atoms with E-state index in [1.807, 2.05) is 30.3 Å². The van der Waals surface area contributed by atoms with Crippen molar-refractivity contribution in [2.24, 2.45) is 0 Å². The molecule has 1 N–H and O–H groups in total. The van der Waals surface area contributed by atoms with Gasteiger partial charge < -0.3 is 10.0 Å². The van der Waals surface area contributed by atoms with Crippen LogP contribution >= 0.6 is 11.6 Å². The molecule has 20 heavy (non-hydrogen) atoms. The van der Waals surface area contributed by atoms with Gasteiger partial charge in [-0.2, -0.15) is 0 Å². The molecule has 3 rings (SSSR count). The molecule has 0 atom stereocenters. The molecule has 0 saturated heterocycles. The summed E-state index contributed by atoms with van der Waals surface area (Å²) >= 11 is 6.15. The summed E-state index contributed by atoms with van der Waals surface area (Å²) in [6, 6.07) is 14.2. The van der Waals surface area contributed by atoms with Crippen molar-refractivity contribution in [3.05, 3.63) is 58.6 Å². The van der Waals surface area contributed by atoms with Crippen molar-refractivity contribution < 1.29 is 5.11 Å². The number of aliphatic hydroxyl groups excluding tert-OH is 1. The van der Waals surface area contributed by atoms with Gasteiger partial charge in [0.1, 0.15) is 0 Å². The summed E-state index contributed by atoms with van der Waals surface area (Å²) in [5, 5.41) is 10.0. The zero-order valence-electron chi connectivity index (χ0n) is 11.3. The van der Waals surface area contributed by atoms with Crippen LogP contribution in [0.4, 0.5) is 11.4 Å². The summed E-state index contributed by atoms with van der Waals surface area (Å²) < 4.78 is 0. The summed E-state index contributed by atoms with van der Waals surface area (Å²) in [6.45, 7) is 0.129. The zero-order chi connectivity index (χ0) is 14.1. The second kappa shape index (κ2) is 5.31. The maximum Gasteiger partial charge on any atom is 0.0485 e. The number of nitrogens with zero attached hydrogens (tertiary/aromatic N) is 1. The van der Waals surface area contributed by atoms with Gasteiger partial charge in [-0.3, -0.25) is 0 Å². The summed E-state index contributed by atoms with van der Waals surface area (Å²) in [7, 11) is 2.06. The minimum Gasteiger partial charge on any atom is -0.396 e. The Bertz CT molecular complexity index is 678. The Balaban J connectivity index is 2.27. The standard InChI is InChI=1S/C17H16ClNO/c1-19-16-5-3-2-4-13(16)10-12(8-9-20)15-11-14(18)6-7-17(15)19/h2-7,10-11,20H,8-9H2,1H3. The van der Waals surface area contributed by atoms with Crippen LogP contribution in [0.5, 0.6) is 0 Å². The van der Waals surface area contributed by atoms with Crippen molar-refractivity contribution in [1.29, 1.82) is 0 Å². The third-order valence-electron chi connectivity index (χ3n) is 3.67. The number of benzene rings is 2. The minimum absolute atomic E-state index is 0.129. The Morgan fingerprint density at radius 1 is 1.10 bits per heavy atom. The number of fused-ring (bicyclic) bond motifs is 2. The van der Waals surface area contributed by atoms with Crippen molar-refractivity contribution in [3.8, 4) is 0 Å². The highest BCUT2D eigenvalue weighted by Crippen LogP contribution is 2.40. The van der Waals surface area contributed by atoms with Gasteiger partial charge in [-0.1, -0.05) is 29.8 Å². The highest BCUT2D eigenvalue weighted by Gasteiger charge is 2.18. The first-order valence-electron chi connectivity index (χ1n) is 6.65. The number of para-hydroxylation sites is 1. The maximum atomic E-state index is 9.33. The summed E-state index contributed by atoms with van der Waals surface area (Å²) in [5.74, 6) is 0. The largest absolute Gasteiger partial charge is 0.396 e. The van der Waals surface area contributed by atoms with Crippen molar-refractivity contribution in [3.63, 3.8) is 0 Å². The van der Waals surface area contributed by atoms with Gasteiger partial charge in [0.15, 0.2) is 0 Å². The predicted molar refractivity (Wildman–Crippen MR) is 85.5 cm³/mol. The molecule has 0 amide bonds. The van der Waals surface area contributed by atoms with E-state index in [1.165, 1.54) is 0 Å². The van der Waals surface area contributed by atoms with Gasteiger partial charge in [0.25, 0.3) is 0 Å². The van der Waals surface area contributed by atoms with Gasteiger partial charge in [0.05, 0.1) is 0 Å². The SMILES string of the molecule is CN1c2ccccc2C=C(CCO)c2cc(Cl)ccc21. The van der Waals surface area contributed by atoms with E-state index in [4.69, 9.17) is 11.6 Å². The molecule has 0 bridgehead atoms. The van der Waals surface area contributed by atoms with Crippen LogP contribution in [0.3, 0.4) is 0 Å². The quantitative estimate of drug-likeness (QED) is 0.887. The van der Waals surface area contributed by atoms with Gasteiger partial charge in [-0.05, 0) is 47.9 Å². The lowest BCUT2D eigenvalue weighted by Gasteiger charge is -2.22. The van der Waals surface area contributed by atoms with Crippen LogP contribution in [0.1, 0.15) is 17.5 Å². The van der Waals surface area contributed by atoms with Gasteiger partial charge in [0.2, 0.25) is 0 Å². The zero-order valence-corrected chi connectivity index (χ0v) is 12.1. The Morgan fingerprint density at radius 2 is 1.90 bits per heavy atom. The fourth-order valence-electron chi connectivity index (χ4n) is 2.70. The fraction of sp³-hybridized carbons (Fsp3) is 0.176. The van der Waals surface area contributed by atoms with Crippen LogP contribution in [0.25, 0.3) is 11.6 Å². The molecule has 2 nitrogen and oxygen atoms in total. The molecule has 1 aliphatic heterocycles. The van der Waals surface area contributed by atoms with Gasteiger partial charge in [-0.15, -0.1) is 0 Å². The third-order valence-corrected chi connectivity index (χ3v) is 3.91. The first-order chi connectivity index (χ1) is 9.70. The number of hydrogen-bond acceptors (Lipinski definition) is 2. The molecule has 0 aliphatic carbocycles. The monoisotopic (exact) mass is 285 g/mol. The van der Waals surface area contributed by atoms with E-state index in [1.54, 1.807) is 0 Å². The Kier molecular flexibility index (Phi) is 3.51. The van der Waals surface area contributed by atoms with Crippen LogP contribution in [0.15, 0.2) is 42.5 Å². The lowest BCUT2D eigenvalue weighted by Crippen LogP contribution is -2.11. The van der Waals surface area contributed by atoms with Gasteiger partial charge in [0, 0.05) is 35.6 Å². The third kappa shape index (κ3) is 2.21. The fourth-order valence-corrected chi connectivity index (χ4v) is 2.87. The topological polar surface area (TPSA) is 23.5 Å². The van der Waals surface area contributed by atoms with Crippen LogP contribution in [0, 0.1) is 0 Å². The molecule has 1 heterocycles. The Labute approximate surface area is 123 Å². The molecule has 2 aromatic carbocycles. The summed E-state index contributed by atoms with van der Waals surface area (Å²) in [4.78, 5) is 2.17. The second-order valence-electron chi connectivity index (χ2n) is 4.92. The van der Waals surface area contributed by atoms with Crippen molar-refractivity contribution >= 4 is 34.6 Å². The molecule has 0 saturated carbocycles. The number of hydrogen-bond donors (Lipinski definition) is 1. The number of halogens is 1. The molecule has 0 aromatic heterocycles. The van der Waals surface area contributed by atoms with Gasteiger partial charge >= 0.3 is 0 Å². The van der Waals surface area contributed by atoms with Crippen molar-refractivity contribution in [2.45, 2.75) is 6.42 Å². The van der Waals surface area contributed by atoms with E-state index in [-0.39, 0.29) is 6.61 Å². The number of aliphatic hydroxyl groups is 1. The van der Waals surface area contributed by atoms with Crippen molar-refractivity contribution in [1.82, 2.24) is 0 Å². The van der Waals surface area contributed by atoms with E-state index in [0.717, 1.165) is 28.1 Å². The molecular weight excluding hydrogens is 270 g/mol. The average Bonchev–Trinajstić information content (AvgIpc) is 2.56. The lowest BCUT2D eigenvalue weighted by molar-refractivity contribution is 0.305. The predicted octanol–water partition coefficient (Wildman–Crippen LogP) is 4.34. The highest BCUT2D eigenvalue weighted by atomic mass is 35.5. The molecule has 0 radical (unpaired) electrons. The molecule has 3 heteroatoms. The lowest BCUT2D eigenvalue weighted by atomic mass is 10.00. The van der Waals surface area contributed by atoms with E-state index >= 15 is 0 Å². The number of rotatable bonds is 2. The average molecular weight is 286 g/mol. The molecular formula is C17H16ClNO.